The van der Waals surface area contributed by atoms with Gasteiger partial charge in [0.1, 0.15) is 17.3 Å². The first-order chi connectivity index (χ1) is 15.1. The number of nitrogens with two attached hydrogens (primary N) is 1. The molecule has 0 aliphatic carbocycles. The summed E-state index contributed by atoms with van der Waals surface area (Å²) in [5.74, 6) is 0.945. The van der Waals surface area contributed by atoms with Crippen LogP contribution in [0.2, 0.25) is 0 Å². The maximum absolute atomic E-state index is 12.2. The van der Waals surface area contributed by atoms with E-state index in [1.807, 2.05) is 38.1 Å². The lowest BCUT2D eigenvalue weighted by Crippen LogP contribution is -2.42. The summed E-state index contributed by atoms with van der Waals surface area (Å²) in [7, 11) is -2.00. The van der Waals surface area contributed by atoms with Gasteiger partial charge in [-0.1, -0.05) is 38.1 Å². The first kappa shape index (κ1) is 23.4. The molecule has 1 aliphatic rings. The number of urea groups is 1. The molecule has 1 aliphatic heterocycles. The van der Waals surface area contributed by atoms with Crippen LogP contribution in [0.3, 0.4) is 0 Å². The van der Waals surface area contributed by atoms with Gasteiger partial charge in [0, 0.05) is 18.5 Å². The van der Waals surface area contributed by atoms with Crippen molar-refractivity contribution in [2.24, 2.45) is 15.5 Å². The number of hydrogen-bond donors (Lipinski definition) is 3. The normalized spacial score (nSPS) is 14.7. The maximum atomic E-state index is 12.2. The van der Waals surface area contributed by atoms with E-state index in [4.69, 9.17) is 15.2 Å². The van der Waals surface area contributed by atoms with E-state index in [2.05, 4.69) is 15.0 Å². The van der Waals surface area contributed by atoms with Gasteiger partial charge in [0.15, 0.2) is 0 Å². The average Bonchev–Trinajstić information content (AvgIpc) is 2.74. The Balaban J connectivity index is 1.52. The van der Waals surface area contributed by atoms with Crippen LogP contribution in [0.1, 0.15) is 30.5 Å². The molecule has 0 fully saturated rings. The third-order valence-corrected chi connectivity index (χ3v) is 6.05. The summed E-state index contributed by atoms with van der Waals surface area (Å²) in [6.45, 7) is 4.95. The van der Waals surface area contributed by atoms with E-state index in [0.717, 1.165) is 11.3 Å². The van der Waals surface area contributed by atoms with Gasteiger partial charge in [0.2, 0.25) is 0 Å². The number of methoxy groups -OCH3 is 1. The van der Waals surface area contributed by atoms with Crippen LogP contribution in [0.4, 0.5) is 4.79 Å². The predicted octanol–water partition coefficient (Wildman–Crippen LogP) is 2.15. The fraction of sp³-hybridized carbons (Fsp3) is 0.364. The Hall–Kier alpha value is -3.27. The Bertz CT molecular complexity index is 1110. The smallest absolute Gasteiger partial charge is 0.315 e. The van der Waals surface area contributed by atoms with E-state index >= 15 is 0 Å². The molecule has 2 aromatic carbocycles. The molecule has 0 spiro atoms. The molecule has 172 valence electrons. The van der Waals surface area contributed by atoms with Gasteiger partial charge in [-0.25, -0.2) is 13.2 Å². The molecule has 0 bridgehead atoms. The number of sulfonamides is 1. The molecule has 0 radical (unpaired) electrons. The lowest BCUT2D eigenvalue weighted by atomic mass is 9.95. The molecule has 2 amide bonds. The number of nitrogens with zero attached hydrogens (tertiary/aromatic N) is 1. The number of benzene rings is 2. The second-order valence-electron chi connectivity index (χ2n) is 8.33. The highest BCUT2D eigenvalue weighted by Crippen LogP contribution is 2.29. The van der Waals surface area contributed by atoms with Gasteiger partial charge in [0.05, 0.1) is 25.0 Å². The van der Waals surface area contributed by atoms with E-state index in [0.29, 0.717) is 30.0 Å². The van der Waals surface area contributed by atoms with Gasteiger partial charge in [-0.05, 0) is 29.3 Å². The average molecular weight is 461 g/mol. The minimum atomic E-state index is -3.61. The number of rotatable bonds is 8. The molecule has 9 nitrogen and oxygen atoms in total. The Labute approximate surface area is 188 Å². The van der Waals surface area contributed by atoms with E-state index < -0.39 is 15.4 Å². The first-order valence-electron chi connectivity index (χ1n) is 10.1. The van der Waals surface area contributed by atoms with Crippen LogP contribution in [0.25, 0.3) is 0 Å². The van der Waals surface area contributed by atoms with Gasteiger partial charge in [0.25, 0.3) is 10.0 Å². The highest BCUT2D eigenvalue weighted by Gasteiger charge is 2.26. The van der Waals surface area contributed by atoms with E-state index in [1.54, 1.807) is 25.3 Å². The summed E-state index contributed by atoms with van der Waals surface area (Å²) in [5.41, 5.74) is 7.50. The van der Waals surface area contributed by atoms with Crippen molar-refractivity contribution in [2.45, 2.75) is 26.1 Å². The van der Waals surface area contributed by atoms with Crippen LogP contribution in [0.15, 0.2) is 46.9 Å². The van der Waals surface area contributed by atoms with Gasteiger partial charge in [-0.15, -0.1) is 4.40 Å². The molecule has 0 unspecified atom stereocenters. The number of carbonyl (C=O) groups is 1. The van der Waals surface area contributed by atoms with Crippen molar-refractivity contribution < 1.29 is 22.7 Å². The van der Waals surface area contributed by atoms with Gasteiger partial charge in [-0.3, -0.25) is 0 Å². The molecule has 0 saturated heterocycles. The third-order valence-electron chi connectivity index (χ3n) is 4.90. The van der Waals surface area contributed by atoms with Crippen molar-refractivity contribution in [1.82, 2.24) is 10.6 Å². The molecule has 0 saturated carbocycles. The van der Waals surface area contributed by atoms with Crippen LogP contribution in [-0.4, -0.2) is 40.5 Å². The van der Waals surface area contributed by atoms with Crippen LogP contribution >= 0.6 is 0 Å². The lowest BCUT2D eigenvalue weighted by molar-refractivity contribution is 0.174. The molecule has 0 atom stereocenters. The zero-order valence-corrected chi connectivity index (χ0v) is 19.2. The number of carbonyl (C=O) groups excluding carboxylic acids is 1. The zero-order chi connectivity index (χ0) is 23.4. The summed E-state index contributed by atoms with van der Waals surface area (Å²) >= 11 is 0. The van der Waals surface area contributed by atoms with Crippen molar-refractivity contribution in [3.63, 3.8) is 0 Å². The Morgan fingerprint density at radius 1 is 1.16 bits per heavy atom. The fourth-order valence-corrected chi connectivity index (χ4v) is 4.25. The number of nitrogens with one attached hydrogen (secondary N) is 2. The van der Waals surface area contributed by atoms with Crippen LogP contribution in [0, 0.1) is 5.41 Å². The molecule has 1 heterocycles. The highest BCUT2D eigenvalue weighted by molar-refractivity contribution is 7.89. The van der Waals surface area contributed by atoms with Crippen molar-refractivity contribution in [2.75, 3.05) is 20.3 Å². The first-order valence-corrected chi connectivity index (χ1v) is 11.7. The number of hydrogen-bond acceptors (Lipinski definition) is 6. The van der Waals surface area contributed by atoms with Crippen LogP contribution in [0.5, 0.6) is 11.5 Å². The Morgan fingerprint density at radius 3 is 2.56 bits per heavy atom. The molecule has 2 aromatic rings. The molecule has 4 N–H and O–H groups in total. The summed E-state index contributed by atoms with van der Waals surface area (Å²) in [6.07, 6.45) is 0. The van der Waals surface area contributed by atoms with E-state index in [-0.39, 0.29) is 24.2 Å². The summed E-state index contributed by atoms with van der Waals surface area (Å²) in [6, 6.07) is 12.3. The lowest BCUT2D eigenvalue weighted by Gasteiger charge is -2.26. The van der Waals surface area contributed by atoms with Crippen molar-refractivity contribution in [1.29, 1.82) is 0 Å². The molecule has 3 rings (SSSR count). The molecule has 32 heavy (non-hydrogen) atoms. The Kier molecular flexibility index (Phi) is 6.93. The maximum Gasteiger partial charge on any atom is 0.315 e. The third kappa shape index (κ3) is 6.13. The minimum absolute atomic E-state index is 0.0734. The standard InChI is InChI=1S/C22H28N4O5S/c1-22(2,13-25-21(27)24-11-15-7-9-17(30-3)10-8-15)14-31-18-6-4-5-16-12-32(28,29)26-20(23)19(16)18/h4-10H,11-14H2,1-3H3,(H2,23,26)(H2,24,25,27). The molecular weight excluding hydrogens is 432 g/mol. The number of amides is 2. The second kappa shape index (κ2) is 9.47. The van der Waals surface area contributed by atoms with Gasteiger partial charge >= 0.3 is 6.03 Å². The van der Waals surface area contributed by atoms with Crippen LogP contribution < -0.4 is 25.8 Å². The van der Waals surface area contributed by atoms with E-state index in [1.165, 1.54) is 0 Å². The van der Waals surface area contributed by atoms with Crippen LogP contribution in [-0.2, 0) is 22.3 Å². The quantitative estimate of drug-likeness (QED) is 0.553. The summed E-state index contributed by atoms with van der Waals surface area (Å²) in [4.78, 5) is 12.2. The molecule has 0 aromatic heterocycles. The number of ether oxygens (including phenoxy) is 2. The highest BCUT2D eigenvalue weighted by atomic mass is 32.2. The SMILES string of the molecule is COc1ccc(CNC(=O)NCC(C)(C)COc2cccc3c2C(N)=NS(=O)(=O)C3)cc1. The largest absolute Gasteiger partial charge is 0.497 e. The predicted molar refractivity (Wildman–Crippen MR) is 122 cm³/mol. The monoisotopic (exact) mass is 460 g/mol. The Morgan fingerprint density at radius 2 is 1.88 bits per heavy atom. The summed E-state index contributed by atoms with van der Waals surface area (Å²) < 4.78 is 38.3. The fourth-order valence-electron chi connectivity index (χ4n) is 3.16. The minimum Gasteiger partial charge on any atom is -0.497 e. The molecular formula is C22H28N4O5S. The summed E-state index contributed by atoms with van der Waals surface area (Å²) in [5, 5.41) is 5.67. The van der Waals surface area contributed by atoms with Gasteiger partial charge in [-0.2, -0.15) is 0 Å². The van der Waals surface area contributed by atoms with Gasteiger partial charge < -0.3 is 25.8 Å². The van der Waals surface area contributed by atoms with E-state index in [9.17, 15) is 13.2 Å². The second-order valence-corrected chi connectivity index (χ2v) is 9.97. The number of amidine groups is 1. The van der Waals surface area contributed by atoms with Crippen molar-refractivity contribution >= 4 is 21.9 Å². The van der Waals surface area contributed by atoms with Crippen molar-refractivity contribution in [3.05, 3.63) is 59.2 Å². The number of fused-ring (bicyclic) bond motifs is 1. The topological polar surface area (TPSA) is 132 Å². The zero-order valence-electron chi connectivity index (χ0n) is 18.3. The van der Waals surface area contributed by atoms with Crippen molar-refractivity contribution in [3.8, 4) is 11.5 Å². The molecule has 10 heteroatoms.